The molecule has 2 heterocycles. The van der Waals surface area contributed by atoms with Crippen LogP contribution >= 0.6 is 15.9 Å². The van der Waals surface area contributed by atoms with Gasteiger partial charge in [0.25, 0.3) is 6.43 Å². The Morgan fingerprint density at radius 3 is 2.67 bits per heavy atom. The lowest BCUT2D eigenvalue weighted by atomic mass is 10.2. The minimum atomic E-state index is -2.92. The maximum Gasteiger partial charge on any atom is 0.341 e. The van der Waals surface area contributed by atoms with Crippen molar-refractivity contribution in [1.29, 1.82) is 0 Å². The molecule has 110 valence electrons. The highest BCUT2D eigenvalue weighted by Gasteiger charge is 2.23. The van der Waals surface area contributed by atoms with Crippen molar-refractivity contribution in [2.45, 2.75) is 13.3 Å². The largest absolute Gasteiger partial charge is 0.462 e. The van der Waals surface area contributed by atoms with Gasteiger partial charge in [0.1, 0.15) is 17.0 Å². The third-order valence-electron chi connectivity index (χ3n) is 2.48. The van der Waals surface area contributed by atoms with E-state index < -0.39 is 18.1 Å². The van der Waals surface area contributed by atoms with E-state index in [0.29, 0.717) is 5.69 Å². The van der Waals surface area contributed by atoms with Crippen LogP contribution < -0.4 is 0 Å². The van der Waals surface area contributed by atoms with Gasteiger partial charge in [-0.3, -0.25) is 4.98 Å². The van der Waals surface area contributed by atoms with E-state index in [1.807, 2.05) is 0 Å². The van der Waals surface area contributed by atoms with E-state index in [1.54, 1.807) is 19.1 Å². The van der Waals surface area contributed by atoms with Crippen LogP contribution in [0.3, 0.4) is 0 Å². The van der Waals surface area contributed by atoms with Gasteiger partial charge in [-0.05, 0) is 35.0 Å². The quantitative estimate of drug-likeness (QED) is 0.784. The van der Waals surface area contributed by atoms with Crippen LogP contribution in [0.25, 0.3) is 11.5 Å². The number of rotatable bonds is 4. The van der Waals surface area contributed by atoms with Gasteiger partial charge >= 0.3 is 5.97 Å². The summed E-state index contributed by atoms with van der Waals surface area (Å²) in [5.74, 6) is -0.853. The van der Waals surface area contributed by atoms with Gasteiger partial charge in [-0.1, -0.05) is 0 Å². The first-order valence-electron chi connectivity index (χ1n) is 5.97. The van der Waals surface area contributed by atoms with E-state index in [9.17, 15) is 13.6 Å². The van der Waals surface area contributed by atoms with Crippen LogP contribution in [0, 0.1) is 0 Å². The predicted octanol–water partition coefficient (Wildman–Crippen LogP) is 3.42. The highest BCUT2D eigenvalue weighted by atomic mass is 79.9. The molecular formula is C13H10BrF2N3O2. The second-order valence-corrected chi connectivity index (χ2v) is 4.79. The highest BCUT2D eigenvalue weighted by Crippen LogP contribution is 2.24. The SMILES string of the molecule is CCOC(=O)c1cnc(-c2ccc(Br)cn2)nc1C(F)F. The zero-order valence-electron chi connectivity index (χ0n) is 10.9. The van der Waals surface area contributed by atoms with Crippen molar-refractivity contribution < 1.29 is 18.3 Å². The van der Waals surface area contributed by atoms with Crippen molar-refractivity contribution in [2.24, 2.45) is 0 Å². The summed E-state index contributed by atoms with van der Waals surface area (Å²) in [5.41, 5.74) is -0.675. The molecule has 0 unspecified atom stereocenters. The van der Waals surface area contributed by atoms with Crippen molar-refractivity contribution >= 4 is 21.9 Å². The van der Waals surface area contributed by atoms with Crippen LogP contribution in [0.2, 0.25) is 0 Å². The van der Waals surface area contributed by atoms with Gasteiger partial charge in [0.2, 0.25) is 0 Å². The monoisotopic (exact) mass is 357 g/mol. The molecule has 2 aromatic heterocycles. The third kappa shape index (κ3) is 3.57. The normalized spacial score (nSPS) is 10.7. The molecule has 0 aliphatic heterocycles. The second kappa shape index (κ2) is 6.66. The van der Waals surface area contributed by atoms with Crippen LogP contribution in [0.5, 0.6) is 0 Å². The van der Waals surface area contributed by atoms with Gasteiger partial charge in [-0.15, -0.1) is 0 Å². The van der Waals surface area contributed by atoms with Gasteiger partial charge in [0, 0.05) is 16.9 Å². The van der Waals surface area contributed by atoms with Crippen molar-refractivity contribution in [3.05, 3.63) is 40.3 Å². The summed E-state index contributed by atoms with van der Waals surface area (Å²) in [6.45, 7) is 1.67. The zero-order valence-corrected chi connectivity index (χ0v) is 12.5. The van der Waals surface area contributed by atoms with Gasteiger partial charge in [0.15, 0.2) is 5.82 Å². The predicted molar refractivity (Wildman–Crippen MR) is 73.9 cm³/mol. The van der Waals surface area contributed by atoms with Crippen LogP contribution in [-0.4, -0.2) is 27.5 Å². The maximum absolute atomic E-state index is 13.1. The van der Waals surface area contributed by atoms with Crippen molar-refractivity contribution in [2.75, 3.05) is 6.61 Å². The number of pyridine rings is 1. The Balaban J connectivity index is 2.45. The smallest absolute Gasteiger partial charge is 0.341 e. The summed E-state index contributed by atoms with van der Waals surface area (Å²) >= 11 is 3.22. The Bertz CT molecular complexity index is 650. The first-order valence-corrected chi connectivity index (χ1v) is 6.76. The molecule has 2 rings (SSSR count). The molecule has 0 spiro atoms. The van der Waals surface area contributed by atoms with Crippen LogP contribution in [0.4, 0.5) is 8.78 Å². The highest BCUT2D eigenvalue weighted by molar-refractivity contribution is 9.10. The number of carbonyl (C=O) groups is 1. The molecule has 0 saturated heterocycles. The van der Waals surface area contributed by atoms with Crippen LogP contribution in [-0.2, 0) is 4.74 Å². The van der Waals surface area contributed by atoms with E-state index in [0.717, 1.165) is 10.7 Å². The fraction of sp³-hybridized carbons (Fsp3) is 0.231. The standard InChI is InChI=1S/C13H10BrF2N3O2/c1-2-21-13(20)8-6-18-12(19-10(8)11(15)16)9-4-3-7(14)5-17-9/h3-6,11H,2H2,1H3. The first kappa shape index (κ1) is 15.4. The number of aromatic nitrogens is 3. The number of nitrogens with zero attached hydrogens (tertiary/aromatic N) is 3. The minimum Gasteiger partial charge on any atom is -0.462 e. The fourth-order valence-corrected chi connectivity index (χ4v) is 1.79. The molecule has 0 atom stereocenters. The molecule has 2 aromatic rings. The number of esters is 1. The summed E-state index contributed by atoms with van der Waals surface area (Å²) in [6, 6.07) is 3.27. The summed E-state index contributed by atoms with van der Waals surface area (Å²) in [4.78, 5) is 23.3. The third-order valence-corrected chi connectivity index (χ3v) is 2.95. The molecule has 21 heavy (non-hydrogen) atoms. The average molecular weight is 358 g/mol. The van der Waals surface area contributed by atoms with E-state index >= 15 is 0 Å². The Kier molecular flexibility index (Phi) is 4.89. The van der Waals surface area contributed by atoms with Crippen molar-refractivity contribution in [3.63, 3.8) is 0 Å². The number of alkyl halides is 2. The van der Waals surface area contributed by atoms with E-state index in [1.165, 1.54) is 6.20 Å². The molecule has 0 amide bonds. The average Bonchev–Trinajstić information content (AvgIpc) is 2.47. The molecule has 0 N–H and O–H groups in total. The Hall–Kier alpha value is -1.96. The molecule has 0 aliphatic rings. The number of hydrogen-bond acceptors (Lipinski definition) is 5. The Labute approximate surface area is 127 Å². The van der Waals surface area contributed by atoms with Crippen LogP contribution in [0.15, 0.2) is 29.0 Å². The lowest BCUT2D eigenvalue weighted by Gasteiger charge is -2.08. The van der Waals surface area contributed by atoms with E-state index in [4.69, 9.17) is 4.74 Å². The summed E-state index contributed by atoms with van der Waals surface area (Å²) < 4.78 is 31.6. The lowest BCUT2D eigenvalue weighted by molar-refractivity contribution is 0.0513. The molecule has 8 heteroatoms. The van der Waals surface area contributed by atoms with Gasteiger partial charge in [0.05, 0.1) is 6.61 Å². The lowest BCUT2D eigenvalue weighted by Crippen LogP contribution is -2.12. The van der Waals surface area contributed by atoms with E-state index in [2.05, 4.69) is 30.9 Å². The fourth-order valence-electron chi connectivity index (χ4n) is 1.56. The first-order chi connectivity index (χ1) is 10.0. The minimum absolute atomic E-state index is 0.0193. The number of ether oxygens (including phenoxy) is 1. The van der Waals surface area contributed by atoms with Crippen molar-refractivity contribution in [3.8, 4) is 11.5 Å². The summed E-state index contributed by atoms with van der Waals surface area (Å²) in [6.07, 6.45) is -0.382. The molecule has 5 nitrogen and oxygen atoms in total. The summed E-state index contributed by atoms with van der Waals surface area (Å²) in [5, 5.41) is 0. The second-order valence-electron chi connectivity index (χ2n) is 3.88. The number of carbonyl (C=O) groups excluding carboxylic acids is 1. The summed E-state index contributed by atoms with van der Waals surface area (Å²) in [7, 11) is 0. The Morgan fingerprint density at radius 2 is 2.10 bits per heavy atom. The zero-order chi connectivity index (χ0) is 15.4. The molecule has 0 aliphatic carbocycles. The molecule has 0 saturated carbocycles. The molecule has 0 fully saturated rings. The van der Waals surface area contributed by atoms with Crippen LogP contribution in [0.1, 0.15) is 29.4 Å². The van der Waals surface area contributed by atoms with Gasteiger partial charge in [-0.2, -0.15) is 0 Å². The van der Waals surface area contributed by atoms with Gasteiger partial charge < -0.3 is 4.74 Å². The molecule has 0 bridgehead atoms. The Morgan fingerprint density at radius 1 is 1.33 bits per heavy atom. The topological polar surface area (TPSA) is 65.0 Å². The van der Waals surface area contributed by atoms with E-state index in [-0.39, 0.29) is 18.0 Å². The van der Waals surface area contributed by atoms with Gasteiger partial charge in [-0.25, -0.2) is 23.5 Å². The van der Waals surface area contributed by atoms with Crippen molar-refractivity contribution in [1.82, 2.24) is 15.0 Å². The maximum atomic E-state index is 13.1. The molecule has 0 aromatic carbocycles. The number of hydrogen-bond donors (Lipinski definition) is 0. The molecule has 0 radical (unpaired) electrons. The number of halogens is 3. The molecular weight excluding hydrogens is 348 g/mol.